The van der Waals surface area contributed by atoms with E-state index in [-0.39, 0.29) is 11.5 Å². The average Bonchev–Trinajstić information content (AvgIpc) is 2.46. The molecule has 5 heteroatoms. The van der Waals surface area contributed by atoms with E-state index in [1.807, 2.05) is 0 Å². The molecule has 1 fully saturated rings. The van der Waals surface area contributed by atoms with Crippen LogP contribution < -0.4 is 0 Å². The summed E-state index contributed by atoms with van der Waals surface area (Å²) in [7, 11) is 0. The van der Waals surface area contributed by atoms with Crippen LogP contribution in [-0.4, -0.2) is 59.0 Å². The molecule has 114 valence electrons. The lowest BCUT2D eigenvalue weighted by molar-refractivity contribution is -0.134. The monoisotopic (exact) mass is 282 g/mol. The van der Waals surface area contributed by atoms with Crippen LogP contribution in [0.3, 0.4) is 0 Å². The van der Waals surface area contributed by atoms with Gasteiger partial charge in [0.05, 0.1) is 0 Å². The number of nitrogens with zero attached hydrogens (tertiary/aromatic N) is 2. The van der Waals surface area contributed by atoms with Crippen molar-refractivity contribution in [1.29, 1.82) is 0 Å². The fraction of sp³-hybridized carbons (Fsp3) is 0.733. The number of hydrogen-bond acceptors (Lipinski definition) is 3. The third-order valence-electron chi connectivity index (χ3n) is 4.28. The number of aliphatic carboxylic acids is 1. The van der Waals surface area contributed by atoms with Crippen molar-refractivity contribution in [2.75, 3.05) is 26.2 Å². The van der Waals surface area contributed by atoms with Gasteiger partial charge in [-0.3, -0.25) is 4.79 Å². The Morgan fingerprint density at radius 3 is 2.00 bits per heavy atom. The van der Waals surface area contributed by atoms with E-state index in [0.29, 0.717) is 24.7 Å². The Bertz CT molecular complexity index is 392. The van der Waals surface area contributed by atoms with Gasteiger partial charge < -0.3 is 14.9 Å². The molecule has 0 aromatic rings. The molecule has 1 rings (SSSR count). The van der Waals surface area contributed by atoms with E-state index in [9.17, 15) is 9.59 Å². The van der Waals surface area contributed by atoms with Crippen molar-refractivity contribution in [3.63, 3.8) is 0 Å². The van der Waals surface area contributed by atoms with Gasteiger partial charge >= 0.3 is 5.97 Å². The van der Waals surface area contributed by atoms with E-state index in [2.05, 4.69) is 18.7 Å². The molecule has 0 radical (unpaired) electrons. The summed E-state index contributed by atoms with van der Waals surface area (Å²) in [5, 5.41) is 8.94. The predicted molar refractivity (Wildman–Crippen MR) is 78.5 cm³/mol. The van der Waals surface area contributed by atoms with Crippen LogP contribution in [0.25, 0.3) is 0 Å². The van der Waals surface area contributed by atoms with Crippen LogP contribution in [0.1, 0.15) is 40.5 Å². The highest BCUT2D eigenvalue weighted by Gasteiger charge is 2.27. The van der Waals surface area contributed by atoms with Crippen molar-refractivity contribution in [2.45, 2.75) is 46.6 Å². The van der Waals surface area contributed by atoms with Crippen molar-refractivity contribution in [1.82, 2.24) is 9.80 Å². The van der Waals surface area contributed by atoms with E-state index in [4.69, 9.17) is 5.11 Å². The molecule has 1 aliphatic rings. The summed E-state index contributed by atoms with van der Waals surface area (Å²) in [6.07, 6.45) is 1.93. The highest BCUT2D eigenvalue weighted by Crippen LogP contribution is 2.18. The van der Waals surface area contributed by atoms with Gasteiger partial charge in [-0.25, -0.2) is 4.79 Å². The van der Waals surface area contributed by atoms with Crippen molar-refractivity contribution in [3.8, 4) is 0 Å². The lowest BCUT2D eigenvalue weighted by Crippen LogP contribution is -2.47. The summed E-state index contributed by atoms with van der Waals surface area (Å²) in [6.45, 7) is 10.9. The highest BCUT2D eigenvalue weighted by atomic mass is 16.4. The van der Waals surface area contributed by atoms with E-state index in [1.54, 1.807) is 11.8 Å². The topological polar surface area (TPSA) is 60.9 Å². The molecule has 20 heavy (non-hydrogen) atoms. The molecule has 1 N–H and O–H groups in total. The fourth-order valence-corrected chi connectivity index (χ4v) is 2.73. The molecule has 5 nitrogen and oxygen atoms in total. The minimum atomic E-state index is -1.02. The third kappa shape index (κ3) is 3.82. The number of carboxylic acids is 1. The normalized spacial score (nSPS) is 18.1. The summed E-state index contributed by atoms with van der Waals surface area (Å²) in [5.74, 6) is -1.16. The summed E-state index contributed by atoms with van der Waals surface area (Å²) in [4.78, 5) is 27.4. The summed E-state index contributed by atoms with van der Waals surface area (Å²) >= 11 is 0. The van der Waals surface area contributed by atoms with Crippen LogP contribution >= 0.6 is 0 Å². The molecule has 1 amide bonds. The third-order valence-corrected chi connectivity index (χ3v) is 4.28. The molecule has 1 heterocycles. The van der Waals surface area contributed by atoms with Crippen molar-refractivity contribution in [2.24, 2.45) is 0 Å². The van der Waals surface area contributed by atoms with E-state index < -0.39 is 5.97 Å². The summed E-state index contributed by atoms with van der Waals surface area (Å²) < 4.78 is 0. The molecule has 0 spiro atoms. The van der Waals surface area contributed by atoms with E-state index in [1.165, 1.54) is 6.92 Å². The van der Waals surface area contributed by atoms with Crippen LogP contribution in [-0.2, 0) is 9.59 Å². The molecular formula is C15H26N2O3. The predicted octanol–water partition coefficient (Wildman–Crippen LogP) is 1.74. The number of piperidine rings is 1. The molecule has 0 saturated carbocycles. The Hall–Kier alpha value is -1.36. The Labute approximate surface area is 121 Å². The molecule has 0 unspecified atom stereocenters. The zero-order chi connectivity index (χ0) is 15.3. The second-order valence-corrected chi connectivity index (χ2v) is 5.30. The average molecular weight is 282 g/mol. The molecule has 0 aromatic carbocycles. The van der Waals surface area contributed by atoms with E-state index in [0.717, 1.165) is 25.9 Å². The van der Waals surface area contributed by atoms with Gasteiger partial charge in [0.2, 0.25) is 5.91 Å². The van der Waals surface area contributed by atoms with Gasteiger partial charge in [-0.2, -0.15) is 0 Å². The minimum absolute atomic E-state index is 0.136. The zero-order valence-corrected chi connectivity index (χ0v) is 13.0. The standard InChI is InChI=1S/C15H26N2O3/c1-5-16(6-2)13-7-9-17(10-8-13)14(18)11(3)12(4)15(19)20/h13H,5-10H2,1-4H3,(H,19,20). The summed E-state index contributed by atoms with van der Waals surface area (Å²) in [5.41, 5.74) is 0.486. The first kappa shape index (κ1) is 16.7. The van der Waals surface area contributed by atoms with Gasteiger partial charge in [-0.1, -0.05) is 13.8 Å². The van der Waals surface area contributed by atoms with Crippen molar-refractivity contribution in [3.05, 3.63) is 11.1 Å². The van der Waals surface area contributed by atoms with Gasteiger partial charge in [0.25, 0.3) is 0 Å². The number of rotatable bonds is 5. The molecule has 0 bridgehead atoms. The van der Waals surface area contributed by atoms with Gasteiger partial charge in [0, 0.05) is 30.3 Å². The Morgan fingerprint density at radius 1 is 1.10 bits per heavy atom. The van der Waals surface area contributed by atoms with Crippen molar-refractivity contribution >= 4 is 11.9 Å². The number of amides is 1. The number of carboxylic acid groups (broad SMARTS) is 1. The molecule has 1 saturated heterocycles. The number of likely N-dealkylation sites (tertiary alicyclic amines) is 1. The van der Waals surface area contributed by atoms with Crippen LogP contribution in [0.4, 0.5) is 0 Å². The molecule has 0 aromatic heterocycles. The maximum atomic E-state index is 12.3. The fourth-order valence-electron chi connectivity index (χ4n) is 2.73. The highest BCUT2D eigenvalue weighted by molar-refractivity contribution is 6.01. The van der Waals surface area contributed by atoms with Crippen LogP contribution in [0.5, 0.6) is 0 Å². The number of hydrogen-bond donors (Lipinski definition) is 1. The maximum absolute atomic E-state index is 12.3. The quantitative estimate of drug-likeness (QED) is 0.780. The first-order valence-corrected chi connectivity index (χ1v) is 7.36. The van der Waals surface area contributed by atoms with Crippen molar-refractivity contribution < 1.29 is 14.7 Å². The maximum Gasteiger partial charge on any atom is 0.331 e. The zero-order valence-electron chi connectivity index (χ0n) is 13.0. The number of carbonyl (C=O) groups excluding carboxylic acids is 1. The van der Waals surface area contributed by atoms with Crippen LogP contribution in [0, 0.1) is 0 Å². The molecule has 1 aliphatic heterocycles. The van der Waals surface area contributed by atoms with Crippen LogP contribution in [0.15, 0.2) is 11.1 Å². The first-order chi connectivity index (χ1) is 9.42. The smallest absolute Gasteiger partial charge is 0.331 e. The lowest BCUT2D eigenvalue weighted by Gasteiger charge is -2.37. The van der Waals surface area contributed by atoms with Gasteiger partial charge in [0.1, 0.15) is 0 Å². The van der Waals surface area contributed by atoms with E-state index >= 15 is 0 Å². The van der Waals surface area contributed by atoms with Gasteiger partial charge in [0.15, 0.2) is 0 Å². The van der Waals surface area contributed by atoms with Gasteiger partial charge in [-0.15, -0.1) is 0 Å². The lowest BCUT2D eigenvalue weighted by atomic mass is 10.0. The molecular weight excluding hydrogens is 256 g/mol. The second kappa shape index (κ2) is 7.43. The van der Waals surface area contributed by atoms with Gasteiger partial charge in [-0.05, 0) is 39.8 Å². The largest absolute Gasteiger partial charge is 0.478 e. The SMILES string of the molecule is CCN(CC)C1CCN(C(=O)C(C)=C(C)C(=O)O)CC1. The minimum Gasteiger partial charge on any atom is -0.478 e. The Morgan fingerprint density at radius 2 is 1.60 bits per heavy atom. The first-order valence-electron chi connectivity index (χ1n) is 7.36. The van der Waals surface area contributed by atoms with Crippen LogP contribution in [0.2, 0.25) is 0 Å². The Kier molecular flexibility index (Phi) is 6.20. The Balaban J connectivity index is 2.64. The second-order valence-electron chi connectivity index (χ2n) is 5.30. The number of carbonyl (C=O) groups is 2. The summed E-state index contributed by atoms with van der Waals surface area (Å²) in [6, 6.07) is 0.541. The molecule has 0 atom stereocenters. The molecule has 0 aliphatic carbocycles.